The van der Waals surface area contributed by atoms with Gasteiger partial charge in [0.25, 0.3) is 5.24 Å². The molecule has 92 valence electrons. The molecule has 1 amide bonds. The summed E-state index contributed by atoms with van der Waals surface area (Å²) in [7, 11) is 0. The zero-order chi connectivity index (χ0) is 12.7. The molecule has 3 N–H and O–H groups in total. The molecule has 0 atom stereocenters. The largest absolute Gasteiger partial charge is 0.481 e. The Balaban J connectivity index is 2.23. The number of rotatable bonds is 5. The van der Waals surface area contributed by atoms with Gasteiger partial charge in [-0.15, -0.1) is 0 Å². The molecule has 1 aromatic carbocycles. The quantitative estimate of drug-likeness (QED) is 0.702. The fourth-order valence-corrected chi connectivity index (χ4v) is 1.61. The molecule has 0 spiro atoms. The molecule has 1 rings (SSSR count). The summed E-state index contributed by atoms with van der Waals surface area (Å²) < 4.78 is 0. The highest BCUT2D eigenvalue weighted by Crippen LogP contribution is 2.08. The van der Waals surface area contributed by atoms with E-state index in [1.807, 2.05) is 31.2 Å². The van der Waals surface area contributed by atoms with E-state index in [1.54, 1.807) is 0 Å². The zero-order valence-corrected chi connectivity index (χ0v) is 10.2. The van der Waals surface area contributed by atoms with Gasteiger partial charge in [0.1, 0.15) is 0 Å². The van der Waals surface area contributed by atoms with Gasteiger partial charge < -0.3 is 5.11 Å². The van der Waals surface area contributed by atoms with Crippen LogP contribution < -0.4 is 10.9 Å². The van der Waals surface area contributed by atoms with Gasteiger partial charge in [-0.25, -0.2) is 0 Å². The number of benzene rings is 1. The maximum absolute atomic E-state index is 11.3. The Kier molecular flexibility index (Phi) is 5.35. The number of thioether (sulfide) groups is 1. The third-order valence-electron chi connectivity index (χ3n) is 1.91. The summed E-state index contributed by atoms with van der Waals surface area (Å²) in [5, 5.41) is 8.10. The number of aryl methyl sites for hydroxylation is 1. The van der Waals surface area contributed by atoms with E-state index < -0.39 is 5.97 Å². The van der Waals surface area contributed by atoms with E-state index in [-0.39, 0.29) is 17.4 Å². The standard InChI is InChI=1S/C11H14N2O3S/c1-8-2-4-9(5-3-8)12-13-11(16)17-7-6-10(14)15/h2-5,12H,6-7H2,1H3,(H,13,16)(H,14,15). The molecule has 17 heavy (non-hydrogen) atoms. The van der Waals surface area contributed by atoms with Crippen LogP contribution >= 0.6 is 11.8 Å². The second-order valence-corrected chi connectivity index (χ2v) is 4.46. The second kappa shape index (κ2) is 6.80. The van der Waals surface area contributed by atoms with E-state index in [1.165, 1.54) is 0 Å². The van der Waals surface area contributed by atoms with Gasteiger partial charge in [0.05, 0.1) is 12.1 Å². The van der Waals surface area contributed by atoms with Gasteiger partial charge in [-0.2, -0.15) is 0 Å². The summed E-state index contributed by atoms with van der Waals surface area (Å²) in [5.74, 6) is -0.645. The average molecular weight is 254 g/mol. The number of hydrogen-bond donors (Lipinski definition) is 3. The number of hydrogen-bond acceptors (Lipinski definition) is 4. The van der Waals surface area contributed by atoms with Crippen LogP contribution in [0.25, 0.3) is 0 Å². The molecule has 0 saturated carbocycles. The lowest BCUT2D eigenvalue weighted by atomic mass is 10.2. The molecule has 0 aliphatic rings. The van der Waals surface area contributed by atoms with Gasteiger partial charge >= 0.3 is 5.97 Å². The minimum absolute atomic E-state index is 0.0252. The molecule has 5 nitrogen and oxygen atoms in total. The maximum Gasteiger partial charge on any atom is 0.304 e. The highest BCUT2D eigenvalue weighted by molar-refractivity contribution is 8.13. The minimum Gasteiger partial charge on any atom is -0.481 e. The van der Waals surface area contributed by atoms with Crippen molar-refractivity contribution < 1.29 is 14.7 Å². The Morgan fingerprint density at radius 3 is 2.53 bits per heavy atom. The molecular formula is C11H14N2O3S. The molecule has 0 aliphatic heterocycles. The van der Waals surface area contributed by atoms with Gasteiger partial charge in [0, 0.05) is 5.75 Å². The summed E-state index contributed by atoms with van der Waals surface area (Å²) in [4.78, 5) is 21.5. The number of amides is 1. The van der Waals surface area contributed by atoms with Gasteiger partial charge in [-0.1, -0.05) is 29.5 Å². The molecule has 0 heterocycles. The lowest BCUT2D eigenvalue weighted by molar-refractivity contribution is -0.136. The highest BCUT2D eigenvalue weighted by Gasteiger charge is 2.03. The molecule has 0 saturated heterocycles. The minimum atomic E-state index is -0.906. The first-order valence-electron chi connectivity index (χ1n) is 5.05. The van der Waals surface area contributed by atoms with Crippen LogP contribution in [-0.2, 0) is 4.79 Å². The van der Waals surface area contributed by atoms with Gasteiger partial charge in [0.2, 0.25) is 0 Å². The van der Waals surface area contributed by atoms with Gasteiger partial charge in [-0.3, -0.25) is 20.4 Å². The maximum atomic E-state index is 11.3. The van der Waals surface area contributed by atoms with Crippen molar-refractivity contribution in [2.24, 2.45) is 0 Å². The summed E-state index contributed by atoms with van der Waals surface area (Å²) in [6.07, 6.45) is -0.0252. The number of anilines is 1. The summed E-state index contributed by atoms with van der Waals surface area (Å²) in [6, 6.07) is 7.53. The van der Waals surface area contributed by atoms with E-state index in [4.69, 9.17) is 5.11 Å². The lowest BCUT2D eigenvalue weighted by Gasteiger charge is -2.07. The normalized spacial score (nSPS) is 9.71. The zero-order valence-electron chi connectivity index (χ0n) is 9.40. The van der Waals surface area contributed by atoms with Crippen molar-refractivity contribution in [2.45, 2.75) is 13.3 Å². The molecule has 0 unspecified atom stereocenters. The third-order valence-corrected chi connectivity index (χ3v) is 2.68. The molecule has 0 aromatic heterocycles. The van der Waals surface area contributed by atoms with Crippen molar-refractivity contribution in [2.75, 3.05) is 11.2 Å². The van der Waals surface area contributed by atoms with Crippen LogP contribution in [0.2, 0.25) is 0 Å². The average Bonchev–Trinajstić information content (AvgIpc) is 2.28. The molecule has 1 aromatic rings. The fourth-order valence-electron chi connectivity index (χ4n) is 1.03. The van der Waals surface area contributed by atoms with Crippen molar-refractivity contribution in [1.82, 2.24) is 5.43 Å². The first kappa shape index (κ1) is 13.4. The number of carbonyl (C=O) groups excluding carboxylic acids is 1. The van der Waals surface area contributed by atoms with Crippen molar-refractivity contribution in [1.29, 1.82) is 0 Å². The van der Waals surface area contributed by atoms with Crippen LogP contribution in [0.3, 0.4) is 0 Å². The van der Waals surface area contributed by atoms with Gasteiger partial charge in [0.15, 0.2) is 0 Å². The van der Waals surface area contributed by atoms with Crippen LogP contribution in [0, 0.1) is 6.92 Å². The first-order valence-corrected chi connectivity index (χ1v) is 6.04. The number of aliphatic carboxylic acids is 1. The van der Waals surface area contributed by atoms with E-state index in [9.17, 15) is 9.59 Å². The van der Waals surface area contributed by atoms with Crippen molar-refractivity contribution in [3.05, 3.63) is 29.8 Å². The van der Waals surface area contributed by atoms with Gasteiger partial charge in [-0.05, 0) is 19.1 Å². The Morgan fingerprint density at radius 1 is 1.29 bits per heavy atom. The van der Waals surface area contributed by atoms with E-state index >= 15 is 0 Å². The molecule has 0 fully saturated rings. The Hall–Kier alpha value is -1.69. The summed E-state index contributed by atoms with van der Waals surface area (Å²) in [6.45, 7) is 1.98. The Morgan fingerprint density at radius 2 is 1.94 bits per heavy atom. The van der Waals surface area contributed by atoms with Crippen LogP contribution in [0.15, 0.2) is 24.3 Å². The van der Waals surface area contributed by atoms with Crippen molar-refractivity contribution in [3.63, 3.8) is 0 Å². The predicted molar refractivity (Wildman–Crippen MR) is 68.0 cm³/mol. The number of carboxylic acids is 1. The molecule has 0 aliphatic carbocycles. The van der Waals surface area contributed by atoms with Crippen LogP contribution in [0.4, 0.5) is 10.5 Å². The smallest absolute Gasteiger partial charge is 0.304 e. The molecule has 0 radical (unpaired) electrons. The van der Waals surface area contributed by atoms with Crippen LogP contribution in [0.1, 0.15) is 12.0 Å². The van der Waals surface area contributed by atoms with Crippen molar-refractivity contribution in [3.8, 4) is 0 Å². The molecule has 6 heteroatoms. The fraction of sp³-hybridized carbons (Fsp3) is 0.273. The topological polar surface area (TPSA) is 78.4 Å². The van der Waals surface area contributed by atoms with Crippen LogP contribution in [0.5, 0.6) is 0 Å². The Labute approximate surface area is 104 Å². The SMILES string of the molecule is Cc1ccc(NNC(=O)SCCC(=O)O)cc1. The number of carbonyl (C=O) groups is 2. The van der Waals surface area contributed by atoms with E-state index in [2.05, 4.69) is 10.9 Å². The number of carboxylic acid groups (broad SMARTS) is 1. The van der Waals surface area contributed by atoms with Crippen LogP contribution in [-0.4, -0.2) is 22.1 Å². The highest BCUT2D eigenvalue weighted by atomic mass is 32.2. The van der Waals surface area contributed by atoms with Crippen molar-refractivity contribution >= 4 is 28.7 Å². The lowest BCUT2D eigenvalue weighted by Crippen LogP contribution is -2.25. The van der Waals surface area contributed by atoms with E-state index in [0.29, 0.717) is 0 Å². The third kappa shape index (κ3) is 5.82. The monoisotopic (exact) mass is 254 g/mol. The first-order chi connectivity index (χ1) is 8.08. The second-order valence-electron chi connectivity index (χ2n) is 3.40. The molecule has 0 bridgehead atoms. The Bertz CT molecular complexity index is 392. The molecular weight excluding hydrogens is 240 g/mol. The summed E-state index contributed by atoms with van der Waals surface area (Å²) in [5.41, 5.74) is 7.13. The number of hydrazine groups is 1. The summed E-state index contributed by atoms with van der Waals surface area (Å²) >= 11 is 0.934. The number of nitrogens with one attached hydrogen (secondary N) is 2. The predicted octanol–water partition coefficient (Wildman–Crippen LogP) is 2.24. The van der Waals surface area contributed by atoms with E-state index in [0.717, 1.165) is 23.0 Å².